The second-order valence-electron chi connectivity index (χ2n) is 8.25. The van der Waals surface area contributed by atoms with Crippen LogP contribution in [-0.4, -0.2) is 92.1 Å². The number of carboxylic acid groups (broad SMARTS) is 1. The molecule has 0 spiro atoms. The minimum Gasteiger partial charge on any atom is -0.480 e. The molecule has 2 aliphatic heterocycles. The summed E-state index contributed by atoms with van der Waals surface area (Å²) in [5.41, 5.74) is 0.607. The third-order valence-corrected chi connectivity index (χ3v) is 5.86. The second kappa shape index (κ2) is 10.6. The van der Waals surface area contributed by atoms with Crippen LogP contribution in [0.1, 0.15) is 38.3 Å². The Morgan fingerprint density at radius 2 is 2.03 bits per heavy atom. The molecule has 0 bridgehead atoms. The summed E-state index contributed by atoms with van der Waals surface area (Å²) in [6.45, 7) is 2.30. The number of hydrogen-bond acceptors (Lipinski definition) is 7. The molecule has 3 amide bonds. The quantitative estimate of drug-likeness (QED) is 0.253. The van der Waals surface area contributed by atoms with Crippen molar-refractivity contribution >= 4 is 23.7 Å². The Kier molecular flexibility index (Phi) is 7.80. The van der Waals surface area contributed by atoms with Crippen LogP contribution in [-0.2, 0) is 25.6 Å². The van der Waals surface area contributed by atoms with Crippen LogP contribution in [0.2, 0.25) is 0 Å². The lowest BCUT2D eigenvalue weighted by Crippen LogP contribution is -2.60. The first-order chi connectivity index (χ1) is 15.3. The van der Waals surface area contributed by atoms with Crippen molar-refractivity contribution in [2.24, 2.45) is 0 Å². The van der Waals surface area contributed by atoms with Crippen LogP contribution >= 0.6 is 0 Å². The van der Waals surface area contributed by atoms with Crippen LogP contribution in [0.15, 0.2) is 12.5 Å². The number of aromatic nitrogens is 2. The molecule has 0 saturated carbocycles. The number of aromatic amines is 1. The number of imidazole rings is 1. The highest BCUT2D eigenvalue weighted by atomic mass is 16.4. The number of H-pyrrole nitrogens is 1. The number of nitrogens with one attached hydrogen (secondary N) is 4. The van der Waals surface area contributed by atoms with E-state index < -0.39 is 48.1 Å². The number of aliphatic carboxylic acids is 1. The molecular weight excluding hydrogens is 420 g/mol. The number of aliphatic hydroxyl groups is 1. The predicted molar refractivity (Wildman–Crippen MR) is 111 cm³/mol. The Morgan fingerprint density at radius 3 is 2.62 bits per heavy atom. The van der Waals surface area contributed by atoms with Gasteiger partial charge in [-0.2, -0.15) is 0 Å². The highest BCUT2D eigenvalue weighted by Crippen LogP contribution is 2.19. The summed E-state index contributed by atoms with van der Waals surface area (Å²) in [6.07, 6.45) is 4.17. The van der Waals surface area contributed by atoms with E-state index in [1.165, 1.54) is 24.3 Å². The van der Waals surface area contributed by atoms with E-state index in [9.17, 15) is 29.4 Å². The zero-order valence-electron chi connectivity index (χ0n) is 17.9. The number of aliphatic hydroxyl groups excluding tert-OH is 1. The van der Waals surface area contributed by atoms with Crippen molar-refractivity contribution in [2.75, 3.05) is 13.1 Å². The molecule has 2 saturated heterocycles. The maximum atomic E-state index is 13.1. The average molecular weight is 450 g/mol. The largest absolute Gasteiger partial charge is 0.480 e. The van der Waals surface area contributed by atoms with Crippen molar-refractivity contribution < 1.29 is 29.4 Å². The first-order valence-electron chi connectivity index (χ1n) is 10.8. The van der Waals surface area contributed by atoms with E-state index in [2.05, 4.69) is 25.9 Å². The summed E-state index contributed by atoms with van der Waals surface area (Å²) in [5.74, 6) is -2.77. The molecule has 32 heavy (non-hydrogen) atoms. The fourth-order valence-electron chi connectivity index (χ4n) is 4.11. The van der Waals surface area contributed by atoms with Gasteiger partial charge in [0.05, 0.1) is 18.5 Å². The van der Waals surface area contributed by atoms with E-state index in [1.807, 2.05) is 0 Å². The topological polar surface area (TPSA) is 177 Å². The third kappa shape index (κ3) is 5.62. The molecular formula is C20H30N6O6. The summed E-state index contributed by atoms with van der Waals surface area (Å²) < 4.78 is 0. The van der Waals surface area contributed by atoms with Crippen LogP contribution in [0, 0.1) is 0 Å². The Hall–Kier alpha value is -2.99. The van der Waals surface area contributed by atoms with E-state index in [0.29, 0.717) is 31.5 Å². The van der Waals surface area contributed by atoms with Crippen molar-refractivity contribution in [1.82, 2.24) is 30.8 Å². The maximum Gasteiger partial charge on any atom is 0.326 e. The lowest BCUT2D eigenvalue weighted by atomic mass is 10.1. The molecule has 3 rings (SSSR count). The zero-order chi connectivity index (χ0) is 23.3. The minimum atomic E-state index is -1.34. The number of rotatable bonds is 9. The van der Waals surface area contributed by atoms with Gasteiger partial charge in [0.2, 0.25) is 17.7 Å². The number of carbonyl (C=O) groups is 4. The molecule has 1 aromatic rings. The zero-order valence-corrected chi connectivity index (χ0v) is 17.9. The fraction of sp³-hybridized carbons (Fsp3) is 0.650. The molecule has 2 aliphatic rings. The van der Waals surface area contributed by atoms with E-state index in [0.717, 1.165) is 6.42 Å². The molecule has 176 valence electrons. The second-order valence-corrected chi connectivity index (χ2v) is 8.25. The van der Waals surface area contributed by atoms with Crippen molar-refractivity contribution in [2.45, 2.75) is 69.3 Å². The smallest absolute Gasteiger partial charge is 0.326 e. The van der Waals surface area contributed by atoms with Gasteiger partial charge in [-0.3, -0.25) is 14.4 Å². The monoisotopic (exact) mass is 450 g/mol. The summed E-state index contributed by atoms with van der Waals surface area (Å²) in [7, 11) is 0. The SMILES string of the molecule is CC(O)C(NC(=O)C(Cc1cnc[nH]1)NC(=O)C1CCCN1)C(=O)N1CCCC1C(=O)O. The van der Waals surface area contributed by atoms with Crippen LogP contribution in [0.3, 0.4) is 0 Å². The molecule has 0 aromatic carbocycles. The molecule has 5 atom stereocenters. The molecule has 6 N–H and O–H groups in total. The van der Waals surface area contributed by atoms with E-state index >= 15 is 0 Å². The summed E-state index contributed by atoms with van der Waals surface area (Å²) in [5, 5.41) is 27.9. The van der Waals surface area contributed by atoms with Crippen LogP contribution < -0.4 is 16.0 Å². The highest BCUT2D eigenvalue weighted by molar-refractivity contribution is 5.94. The molecule has 12 heteroatoms. The molecule has 2 fully saturated rings. The molecule has 0 aliphatic carbocycles. The lowest BCUT2D eigenvalue weighted by Gasteiger charge is -2.30. The summed E-state index contributed by atoms with van der Waals surface area (Å²) in [6, 6.07) is -3.75. The van der Waals surface area contributed by atoms with Crippen molar-refractivity contribution in [3.63, 3.8) is 0 Å². The fourth-order valence-corrected chi connectivity index (χ4v) is 4.11. The Morgan fingerprint density at radius 1 is 1.25 bits per heavy atom. The van der Waals surface area contributed by atoms with Crippen LogP contribution in [0.4, 0.5) is 0 Å². The standard InChI is InChI=1S/C20H30N6O6/c1-11(27)16(19(30)26-7-3-5-15(26)20(31)32)25-18(29)14(8-12-9-21-10-23-12)24-17(28)13-4-2-6-22-13/h9-11,13-16,22,27H,2-8H2,1H3,(H,21,23)(H,24,28)(H,25,29)(H,31,32). The van der Waals surface area contributed by atoms with Gasteiger partial charge >= 0.3 is 5.97 Å². The van der Waals surface area contributed by atoms with Gasteiger partial charge < -0.3 is 36.0 Å². The Labute approximate surface area is 185 Å². The first-order valence-corrected chi connectivity index (χ1v) is 10.8. The molecule has 3 heterocycles. The number of nitrogens with zero attached hydrogens (tertiary/aromatic N) is 2. The van der Waals surface area contributed by atoms with Crippen molar-refractivity contribution in [3.8, 4) is 0 Å². The van der Waals surface area contributed by atoms with Gasteiger partial charge in [0, 0.05) is 24.9 Å². The van der Waals surface area contributed by atoms with Crippen molar-refractivity contribution in [3.05, 3.63) is 18.2 Å². The third-order valence-electron chi connectivity index (χ3n) is 5.86. The maximum absolute atomic E-state index is 13.1. The highest BCUT2D eigenvalue weighted by Gasteiger charge is 2.40. The number of likely N-dealkylation sites (tertiary alicyclic amines) is 1. The normalized spacial score (nSPS) is 23.4. The van der Waals surface area contributed by atoms with E-state index in [-0.39, 0.29) is 18.9 Å². The lowest BCUT2D eigenvalue weighted by molar-refractivity contribution is -0.150. The number of carboxylic acids is 1. The van der Waals surface area contributed by atoms with Crippen molar-refractivity contribution in [1.29, 1.82) is 0 Å². The minimum absolute atomic E-state index is 0.104. The van der Waals surface area contributed by atoms with Gasteiger partial charge in [-0.15, -0.1) is 0 Å². The van der Waals surface area contributed by atoms with Gasteiger partial charge in [-0.05, 0) is 39.2 Å². The van der Waals surface area contributed by atoms with E-state index in [4.69, 9.17) is 0 Å². The molecule has 0 radical (unpaired) electrons. The van der Waals surface area contributed by atoms with Gasteiger partial charge in [0.15, 0.2) is 0 Å². The predicted octanol–water partition coefficient (Wildman–Crippen LogP) is -1.87. The Bertz CT molecular complexity index is 823. The number of hydrogen-bond donors (Lipinski definition) is 6. The van der Waals surface area contributed by atoms with Gasteiger partial charge in [-0.1, -0.05) is 0 Å². The summed E-state index contributed by atoms with van der Waals surface area (Å²) >= 11 is 0. The van der Waals surface area contributed by atoms with Crippen LogP contribution in [0.25, 0.3) is 0 Å². The van der Waals surface area contributed by atoms with Gasteiger partial charge in [-0.25, -0.2) is 9.78 Å². The average Bonchev–Trinajstić information content (AvgIpc) is 3.52. The number of carbonyl (C=O) groups excluding carboxylic acids is 3. The van der Waals surface area contributed by atoms with E-state index in [1.54, 1.807) is 0 Å². The van der Waals surface area contributed by atoms with Crippen LogP contribution in [0.5, 0.6) is 0 Å². The van der Waals surface area contributed by atoms with Gasteiger partial charge in [0.1, 0.15) is 18.1 Å². The molecule has 1 aromatic heterocycles. The molecule has 12 nitrogen and oxygen atoms in total. The molecule has 5 unspecified atom stereocenters. The number of amides is 3. The Balaban J connectivity index is 1.73. The van der Waals surface area contributed by atoms with Gasteiger partial charge in [0.25, 0.3) is 0 Å². The first kappa shape index (κ1) is 23.7. The summed E-state index contributed by atoms with van der Waals surface area (Å²) in [4.78, 5) is 58.1.